The van der Waals surface area contributed by atoms with E-state index in [-0.39, 0.29) is 11.5 Å². The largest absolute Gasteiger partial charge is 0.391 e. The number of nitrogens with one attached hydrogen (secondary N) is 1. The monoisotopic (exact) mass is 384 g/mol. The number of rotatable bonds is 2. The third-order valence-electron chi connectivity index (χ3n) is 9.52. The number of hydrogen-bond acceptors (Lipinski definition) is 4. The Morgan fingerprint density at radius 1 is 1.11 bits per heavy atom. The van der Waals surface area contributed by atoms with Gasteiger partial charge in [-0.1, -0.05) is 31.2 Å². The molecule has 0 aromatic carbocycles. The van der Waals surface area contributed by atoms with Gasteiger partial charge in [-0.3, -0.25) is 4.79 Å². The summed E-state index contributed by atoms with van der Waals surface area (Å²) in [7, 11) is 0. The Kier molecular flexibility index (Phi) is 4.50. The second-order valence-electron chi connectivity index (χ2n) is 10.8. The van der Waals surface area contributed by atoms with Crippen LogP contribution < -0.4 is 5.32 Å². The lowest BCUT2D eigenvalue weighted by Crippen LogP contribution is -2.54. The summed E-state index contributed by atoms with van der Waals surface area (Å²) >= 11 is 0. The van der Waals surface area contributed by atoms with E-state index >= 15 is 0 Å². The van der Waals surface area contributed by atoms with E-state index in [1.54, 1.807) is 0 Å². The molecule has 7 atom stereocenters. The van der Waals surface area contributed by atoms with Gasteiger partial charge in [0, 0.05) is 24.8 Å². The van der Waals surface area contributed by atoms with Crippen LogP contribution >= 0.6 is 0 Å². The maximum absolute atomic E-state index is 12.6. The Morgan fingerprint density at radius 2 is 1.96 bits per heavy atom. The lowest BCUT2D eigenvalue weighted by Gasteiger charge is -2.60. The highest BCUT2D eigenvalue weighted by Crippen LogP contribution is 2.66. The maximum Gasteiger partial charge on any atom is 0.141 e. The van der Waals surface area contributed by atoms with Crippen molar-refractivity contribution in [3.05, 3.63) is 12.2 Å². The third-order valence-corrected chi connectivity index (χ3v) is 9.52. The molecule has 0 amide bonds. The van der Waals surface area contributed by atoms with Gasteiger partial charge in [0.25, 0.3) is 0 Å². The molecule has 28 heavy (non-hydrogen) atoms. The molecule has 0 spiro atoms. The predicted molar refractivity (Wildman–Crippen MR) is 111 cm³/mol. The highest BCUT2D eigenvalue weighted by Gasteiger charge is 2.61. The second-order valence-corrected chi connectivity index (χ2v) is 10.8. The third kappa shape index (κ3) is 2.74. The van der Waals surface area contributed by atoms with E-state index in [9.17, 15) is 4.79 Å². The van der Waals surface area contributed by atoms with Crippen molar-refractivity contribution in [1.29, 1.82) is 0 Å². The summed E-state index contributed by atoms with van der Waals surface area (Å²) in [6, 6.07) is 0. The average Bonchev–Trinajstić information content (AvgIpc) is 3.29. The minimum atomic E-state index is -0.0717. The summed E-state index contributed by atoms with van der Waals surface area (Å²) in [5.74, 6) is 2.96. The number of ketones is 1. The van der Waals surface area contributed by atoms with Gasteiger partial charge >= 0.3 is 0 Å². The lowest BCUT2D eigenvalue weighted by molar-refractivity contribution is -0.133. The summed E-state index contributed by atoms with van der Waals surface area (Å²) in [6.07, 6.45) is 9.96. The Labute approximate surface area is 169 Å². The Balaban J connectivity index is 1.35. The van der Waals surface area contributed by atoms with E-state index in [1.807, 2.05) is 0 Å². The smallest absolute Gasteiger partial charge is 0.141 e. The molecule has 4 aliphatic carbocycles. The van der Waals surface area contributed by atoms with Crippen LogP contribution in [0.25, 0.3) is 0 Å². The van der Waals surface area contributed by atoms with Crippen LogP contribution in [0.3, 0.4) is 0 Å². The first-order valence-electron chi connectivity index (χ1n) is 11.5. The molecule has 5 rings (SSSR count). The fourth-order valence-corrected chi connectivity index (χ4v) is 7.66. The van der Waals surface area contributed by atoms with Crippen molar-refractivity contribution >= 4 is 11.5 Å². The van der Waals surface area contributed by atoms with E-state index in [0.717, 1.165) is 58.0 Å². The first-order valence-corrected chi connectivity index (χ1v) is 11.5. The molecular formula is C24H36N2O2. The van der Waals surface area contributed by atoms with Gasteiger partial charge in [-0.05, 0) is 80.6 Å². The van der Waals surface area contributed by atoms with E-state index < -0.39 is 0 Å². The van der Waals surface area contributed by atoms with Crippen LogP contribution in [-0.2, 0) is 9.63 Å². The van der Waals surface area contributed by atoms with Crippen LogP contribution in [0, 0.1) is 34.5 Å². The number of carbonyl (C=O) groups is 1. The van der Waals surface area contributed by atoms with Gasteiger partial charge in [-0.15, -0.1) is 0 Å². The Bertz CT molecular complexity index is 709. The fourth-order valence-electron chi connectivity index (χ4n) is 7.66. The van der Waals surface area contributed by atoms with E-state index in [2.05, 4.69) is 30.9 Å². The second kappa shape index (κ2) is 6.68. The molecule has 1 N–H and O–H groups in total. The Hall–Kier alpha value is -1.16. The van der Waals surface area contributed by atoms with E-state index in [1.165, 1.54) is 24.1 Å². The molecule has 0 aromatic rings. The van der Waals surface area contributed by atoms with Gasteiger partial charge in [0.05, 0.1) is 5.71 Å². The van der Waals surface area contributed by atoms with Crippen molar-refractivity contribution < 1.29 is 9.63 Å². The van der Waals surface area contributed by atoms with Gasteiger partial charge in [0.15, 0.2) is 0 Å². The summed E-state index contributed by atoms with van der Waals surface area (Å²) in [6.45, 7) is 11.3. The minimum absolute atomic E-state index is 0.0717. The van der Waals surface area contributed by atoms with E-state index in [4.69, 9.17) is 4.84 Å². The van der Waals surface area contributed by atoms with Crippen molar-refractivity contribution in [2.45, 2.75) is 77.7 Å². The molecule has 1 heterocycles. The van der Waals surface area contributed by atoms with Gasteiger partial charge in [-0.25, -0.2) is 0 Å². The summed E-state index contributed by atoms with van der Waals surface area (Å²) < 4.78 is 0. The molecule has 1 aliphatic heterocycles. The number of fused-ring (bicyclic) bond motifs is 5. The van der Waals surface area contributed by atoms with Crippen LogP contribution in [0.5, 0.6) is 0 Å². The van der Waals surface area contributed by atoms with Gasteiger partial charge in [0.1, 0.15) is 11.9 Å². The van der Waals surface area contributed by atoms with Crippen LogP contribution in [0.2, 0.25) is 0 Å². The lowest BCUT2D eigenvalue weighted by atomic mass is 9.44. The predicted octanol–water partition coefficient (Wildman–Crippen LogP) is 4.50. The topological polar surface area (TPSA) is 50.7 Å². The number of Topliss-reactive ketones (excluding diaryl/α,β-unsaturated/α-hetero) is 1. The van der Waals surface area contributed by atoms with Crippen molar-refractivity contribution in [2.24, 2.45) is 39.7 Å². The highest BCUT2D eigenvalue weighted by molar-refractivity contribution is 5.87. The van der Waals surface area contributed by atoms with Crippen molar-refractivity contribution in [2.75, 3.05) is 13.1 Å². The molecule has 1 saturated heterocycles. The molecule has 154 valence electrons. The van der Waals surface area contributed by atoms with Crippen molar-refractivity contribution in [3.63, 3.8) is 0 Å². The van der Waals surface area contributed by atoms with Gasteiger partial charge < -0.3 is 10.2 Å². The SMILES string of the molecule is C=C1CC2C/C(=N/O[C@@H]3CCNC3)CC[C@]2(C)[C@H]2CC[C@]3(C)C(=O)CC[C@H]3[C@H]12. The normalized spacial score (nSPS) is 49.6. The fraction of sp³-hybridized carbons (Fsp3) is 0.833. The van der Waals surface area contributed by atoms with Crippen molar-refractivity contribution in [3.8, 4) is 0 Å². The zero-order chi connectivity index (χ0) is 19.5. The molecule has 0 aromatic heterocycles. The standard InChI is InChI=1S/C24H36N2O2/c1-15-12-16-13-17(26-28-18-8-11-25-14-18)6-9-23(16,2)20-7-10-24(3)19(22(15)20)4-5-21(24)27/h16,18-20,22,25H,1,4-14H2,2-3H3/b26-17+/t16?,18-,19+,20+,22+,23+,24+/m1/s1. The van der Waals surface area contributed by atoms with Crippen LogP contribution in [0.15, 0.2) is 17.3 Å². The molecule has 0 radical (unpaired) electrons. The quantitative estimate of drug-likeness (QED) is 0.563. The summed E-state index contributed by atoms with van der Waals surface area (Å²) in [5.41, 5.74) is 2.99. The number of allylic oxidation sites excluding steroid dienone is 1. The molecular weight excluding hydrogens is 348 g/mol. The number of carbonyl (C=O) groups excluding carboxylic acids is 1. The molecule has 0 bridgehead atoms. The van der Waals surface area contributed by atoms with Crippen LogP contribution in [0.1, 0.15) is 71.6 Å². The first-order chi connectivity index (χ1) is 13.4. The zero-order valence-corrected chi connectivity index (χ0v) is 17.6. The molecule has 5 fully saturated rings. The number of hydrogen-bond donors (Lipinski definition) is 1. The van der Waals surface area contributed by atoms with Crippen LogP contribution in [0.4, 0.5) is 0 Å². The first kappa shape index (κ1) is 18.8. The molecule has 4 heteroatoms. The van der Waals surface area contributed by atoms with Crippen LogP contribution in [-0.4, -0.2) is 30.7 Å². The summed E-state index contributed by atoms with van der Waals surface area (Å²) in [5, 5.41) is 7.94. The molecule has 4 saturated carbocycles. The van der Waals surface area contributed by atoms with Gasteiger partial charge in [-0.2, -0.15) is 0 Å². The molecule has 4 nitrogen and oxygen atoms in total. The number of oxime groups is 1. The minimum Gasteiger partial charge on any atom is -0.391 e. The molecule has 5 aliphatic rings. The molecule has 1 unspecified atom stereocenters. The van der Waals surface area contributed by atoms with Gasteiger partial charge in [0.2, 0.25) is 0 Å². The highest BCUT2D eigenvalue weighted by atomic mass is 16.6. The van der Waals surface area contributed by atoms with Crippen molar-refractivity contribution in [1.82, 2.24) is 5.32 Å². The zero-order valence-electron chi connectivity index (χ0n) is 17.6. The van der Waals surface area contributed by atoms with E-state index in [0.29, 0.717) is 34.9 Å². The average molecular weight is 385 g/mol. The summed E-state index contributed by atoms with van der Waals surface area (Å²) in [4.78, 5) is 18.5. The number of nitrogens with zero attached hydrogens (tertiary/aromatic N) is 1. The maximum atomic E-state index is 12.6. The Morgan fingerprint density at radius 3 is 2.75 bits per heavy atom.